The van der Waals surface area contributed by atoms with Crippen molar-refractivity contribution in [1.82, 2.24) is 8.98 Å². The van der Waals surface area contributed by atoms with Gasteiger partial charge in [-0.3, -0.25) is 0 Å². The van der Waals surface area contributed by atoms with Crippen LogP contribution in [0.25, 0.3) is 11.3 Å². The van der Waals surface area contributed by atoms with Crippen LogP contribution in [0.4, 0.5) is 5.69 Å². The summed E-state index contributed by atoms with van der Waals surface area (Å²) in [5.41, 5.74) is 2.47. The summed E-state index contributed by atoms with van der Waals surface area (Å²) < 4.78 is 34.3. The number of hydrogen-bond acceptors (Lipinski definition) is 7. The fraction of sp³-hybridized carbons (Fsp3) is 0.167. The average molecular weight is 545 g/mol. The van der Waals surface area contributed by atoms with Crippen LogP contribution in [-0.2, 0) is 14.8 Å². The average Bonchev–Trinajstić information content (AvgIpc) is 3.54. The van der Waals surface area contributed by atoms with E-state index >= 15 is 0 Å². The third-order valence-corrected chi connectivity index (χ3v) is 9.13. The Morgan fingerprint density at radius 3 is 2.40 bits per heavy atom. The number of hydrogen-bond donors (Lipinski definition) is 0. The van der Waals surface area contributed by atoms with Crippen molar-refractivity contribution in [3.8, 4) is 11.3 Å². The highest BCUT2D eigenvalue weighted by atomic mass is 35.5. The number of morpholine rings is 1. The van der Waals surface area contributed by atoms with Gasteiger partial charge in [-0.2, -0.15) is 9.41 Å². The maximum absolute atomic E-state index is 12.9. The fourth-order valence-electron chi connectivity index (χ4n) is 3.53. The normalized spacial score (nSPS) is 15.7. The zero-order valence-electron chi connectivity index (χ0n) is 18.5. The van der Waals surface area contributed by atoms with E-state index in [0.29, 0.717) is 41.8 Å². The van der Waals surface area contributed by atoms with Crippen LogP contribution in [0.2, 0.25) is 5.02 Å². The van der Waals surface area contributed by atoms with Gasteiger partial charge in [-0.05, 0) is 47.8 Å². The molecule has 1 saturated heterocycles. The van der Waals surface area contributed by atoms with Crippen molar-refractivity contribution in [2.45, 2.75) is 4.90 Å². The van der Waals surface area contributed by atoms with Gasteiger partial charge < -0.3 is 4.74 Å². The van der Waals surface area contributed by atoms with E-state index in [0.717, 1.165) is 16.1 Å². The molecule has 7 nitrogen and oxygen atoms in total. The molecule has 0 aliphatic carbocycles. The van der Waals surface area contributed by atoms with E-state index < -0.39 is 10.0 Å². The van der Waals surface area contributed by atoms with Gasteiger partial charge in [-0.15, -0.1) is 22.7 Å². The van der Waals surface area contributed by atoms with Crippen molar-refractivity contribution >= 4 is 56.2 Å². The monoisotopic (exact) mass is 544 g/mol. The largest absolute Gasteiger partial charge is 0.379 e. The summed E-state index contributed by atoms with van der Waals surface area (Å²) in [6, 6.07) is 18.1. The van der Waals surface area contributed by atoms with Gasteiger partial charge >= 0.3 is 0 Å². The second kappa shape index (κ2) is 10.6. The Morgan fingerprint density at radius 1 is 0.971 bits per heavy atom. The standard InChI is InChI=1S/C24H21ClN4O3S3/c25-19-5-3-18(4-6-19)23-17-34-24(29(23)26-16-21-2-1-15-33-21)27-20-7-9-22(10-8-20)35(30,31)28-11-13-32-14-12-28/h1-10,15-17H,11-14H2/b26-16-,27-24?. The van der Waals surface area contributed by atoms with Crippen molar-refractivity contribution in [1.29, 1.82) is 0 Å². The molecule has 180 valence electrons. The molecule has 1 aliphatic rings. The number of nitrogens with zero attached hydrogens (tertiary/aromatic N) is 4. The Kier molecular flexibility index (Phi) is 7.28. The van der Waals surface area contributed by atoms with Crippen LogP contribution in [0.1, 0.15) is 4.88 Å². The molecule has 0 bridgehead atoms. The number of thiazole rings is 1. The minimum Gasteiger partial charge on any atom is -0.379 e. The van der Waals surface area contributed by atoms with E-state index in [1.807, 2.05) is 47.2 Å². The lowest BCUT2D eigenvalue weighted by Crippen LogP contribution is -2.40. The van der Waals surface area contributed by atoms with E-state index in [-0.39, 0.29) is 4.90 Å². The quantitative estimate of drug-likeness (QED) is 0.318. The molecule has 3 heterocycles. The van der Waals surface area contributed by atoms with Gasteiger partial charge in [0.2, 0.25) is 14.8 Å². The first-order valence-corrected chi connectivity index (χ1v) is 14.4. The van der Waals surface area contributed by atoms with E-state index in [2.05, 4.69) is 0 Å². The Morgan fingerprint density at radius 2 is 1.71 bits per heavy atom. The molecule has 1 fully saturated rings. The van der Waals surface area contributed by atoms with Crippen molar-refractivity contribution < 1.29 is 13.2 Å². The third-order valence-electron chi connectivity index (χ3n) is 5.34. The van der Waals surface area contributed by atoms with Crippen molar-refractivity contribution in [3.63, 3.8) is 0 Å². The molecule has 0 saturated carbocycles. The summed E-state index contributed by atoms with van der Waals surface area (Å²) in [6.45, 7) is 1.54. The lowest BCUT2D eigenvalue weighted by Gasteiger charge is -2.26. The van der Waals surface area contributed by atoms with E-state index in [9.17, 15) is 8.42 Å². The second-order valence-electron chi connectivity index (χ2n) is 7.60. The Bertz CT molecular complexity index is 1480. The van der Waals surface area contributed by atoms with Crippen molar-refractivity contribution in [2.24, 2.45) is 10.1 Å². The molecular weight excluding hydrogens is 524 g/mol. The van der Waals surface area contributed by atoms with Crippen LogP contribution >= 0.6 is 34.3 Å². The highest BCUT2D eigenvalue weighted by Gasteiger charge is 2.26. The zero-order valence-corrected chi connectivity index (χ0v) is 21.7. The van der Waals surface area contributed by atoms with Crippen LogP contribution in [0.15, 0.2) is 86.4 Å². The summed E-state index contributed by atoms with van der Waals surface area (Å²) >= 11 is 9.12. The fourth-order valence-corrected chi connectivity index (χ4v) is 6.50. The van der Waals surface area contributed by atoms with E-state index in [1.165, 1.54) is 15.6 Å². The molecule has 2 aromatic carbocycles. The predicted octanol–water partition coefficient (Wildman–Crippen LogP) is 5.07. The molecule has 4 aromatic rings. The Hall–Kier alpha value is -2.60. The molecule has 35 heavy (non-hydrogen) atoms. The van der Waals surface area contributed by atoms with Crippen LogP contribution in [0, 0.1) is 0 Å². The number of benzene rings is 2. The highest BCUT2D eigenvalue weighted by Crippen LogP contribution is 2.24. The number of halogens is 1. The van der Waals surface area contributed by atoms with E-state index in [1.54, 1.807) is 46.5 Å². The molecule has 1 aliphatic heterocycles. The van der Waals surface area contributed by atoms with Gasteiger partial charge in [-0.25, -0.2) is 18.1 Å². The predicted molar refractivity (Wildman–Crippen MR) is 141 cm³/mol. The first-order valence-electron chi connectivity index (χ1n) is 10.8. The first-order chi connectivity index (χ1) is 17.0. The summed E-state index contributed by atoms with van der Waals surface area (Å²) in [4.78, 5) is 6.68. The van der Waals surface area contributed by atoms with Crippen molar-refractivity contribution in [2.75, 3.05) is 26.3 Å². The zero-order chi connectivity index (χ0) is 24.3. The van der Waals surface area contributed by atoms with Gasteiger partial charge in [0.25, 0.3) is 0 Å². The van der Waals surface area contributed by atoms with Crippen LogP contribution in [0.3, 0.4) is 0 Å². The molecule has 2 aromatic heterocycles. The SMILES string of the molecule is O=S(=O)(c1ccc(N=c2scc(-c3ccc(Cl)cc3)n2/N=C\c2cccs2)cc1)N1CCOCC1. The lowest BCUT2D eigenvalue weighted by molar-refractivity contribution is 0.0730. The van der Waals surface area contributed by atoms with Crippen molar-refractivity contribution in [3.05, 3.63) is 86.1 Å². The Balaban J connectivity index is 1.50. The molecule has 5 rings (SSSR count). The molecule has 0 spiro atoms. The maximum atomic E-state index is 12.9. The van der Waals surface area contributed by atoms with Gasteiger partial charge in [0, 0.05) is 33.9 Å². The summed E-state index contributed by atoms with van der Waals surface area (Å²) in [5.74, 6) is 0. The molecule has 0 amide bonds. The third kappa shape index (κ3) is 5.48. The minimum absolute atomic E-state index is 0.245. The summed E-state index contributed by atoms with van der Waals surface area (Å²) in [7, 11) is -3.55. The number of sulfonamides is 1. The molecule has 0 atom stereocenters. The number of ether oxygens (including phenoxy) is 1. The summed E-state index contributed by atoms with van der Waals surface area (Å²) in [6.07, 6.45) is 1.80. The number of thiophene rings is 1. The molecule has 11 heteroatoms. The first kappa shape index (κ1) is 24.1. The lowest BCUT2D eigenvalue weighted by atomic mass is 10.2. The molecular formula is C24H21ClN4O3S3. The van der Waals surface area contributed by atoms with Gasteiger partial charge in [0.05, 0.1) is 35.7 Å². The smallest absolute Gasteiger partial charge is 0.243 e. The molecule has 0 unspecified atom stereocenters. The second-order valence-corrected chi connectivity index (χ2v) is 11.8. The van der Waals surface area contributed by atoms with Gasteiger partial charge in [0.1, 0.15) is 0 Å². The summed E-state index contributed by atoms with van der Waals surface area (Å²) in [5, 5.41) is 9.34. The van der Waals surface area contributed by atoms with Crippen LogP contribution in [-0.4, -0.2) is 49.9 Å². The topological polar surface area (TPSA) is 76.3 Å². The number of rotatable bonds is 6. The Labute approximate surface area is 216 Å². The maximum Gasteiger partial charge on any atom is 0.243 e. The van der Waals surface area contributed by atoms with Gasteiger partial charge in [-0.1, -0.05) is 29.8 Å². The highest BCUT2D eigenvalue weighted by molar-refractivity contribution is 7.89. The number of aromatic nitrogens is 1. The van der Waals surface area contributed by atoms with E-state index in [4.69, 9.17) is 26.4 Å². The molecule has 0 N–H and O–H groups in total. The van der Waals surface area contributed by atoms with Gasteiger partial charge in [0.15, 0.2) is 0 Å². The molecule has 0 radical (unpaired) electrons. The minimum atomic E-state index is -3.55. The van der Waals surface area contributed by atoms with Crippen LogP contribution < -0.4 is 4.80 Å². The van der Waals surface area contributed by atoms with Crippen LogP contribution in [0.5, 0.6) is 0 Å².